The maximum atomic E-state index is 12.4. The molecule has 3 heterocycles. The van der Waals surface area contributed by atoms with E-state index in [0.717, 1.165) is 16.3 Å². The van der Waals surface area contributed by atoms with Gasteiger partial charge in [-0.25, -0.2) is 4.98 Å². The van der Waals surface area contributed by atoms with Gasteiger partial charge in [0.25, 0.3) is 5.91 Å². The van der Waals surface area contributed by atoms with Crippen molar-refractivity contribution in [3.63, 3.8) is 0 Å². The van der Waals surface area contributed by atoms with Crippen LogP contribution in [0.2, 0.25) is 0 Å². The Balaban J connectivity index is 1.76. The Labute approximate surface area is 126 Å². The van der Waals surface area contributed by atoms with E-state index < -0.39 is 0 Å². The van der Waals surface area contributed by atoms with E-state index in [9.17, 15) is 9.59 Å². The molecular weight excluding hydrogens is 288 g/mol. The number of carbonyl (C=O) groups excluding carboxylic acids is 2. The Morgan fingerprint density at radius 2 is 2.29 bits per heavy atom. The average Bonchev–Trinajstić information content (AvgIpc) is 3.05. The van der Waals surface area contributed by atoms with E-state index in [1.54, 1.807) is 22.4 Å². The van der Waals surface area contributed by atoms with Crippen LogP contribution in [0.1, 0.15) is 21.9 Å². The molecule has 3 rings (SSSR count). The number of nitrogens with one attached hydrogen (secondary N) is 2. The van der Waals surface area contributed by atoms with Gasteiger partial charge in [-0.1, -0.05) is 0 Å². The number of H-pyrrole nitrogens is 1. The van der Waals surface area contributed by atoms with E-state index in [0.29, 0.717) is 31.7 Å². The molecule has 1 aliphatic rings. The first kappa shape index (κ1) is 13.8. The molecule has 2 N–H and O–H groups in total. The zero-order chi connectivity index (χ0) is 14.8. The molecule has 0 aromatic carbocycles. The van der Waals surface area contributed by atoms with Gasteiger partial charge in [0.1, 0.15) is 5.69 Å². The fourth-order valence-corrected chi connectivity index (χ4v) is 2.92. The minimum absolute atomic E-state index is 0.00424. The zero-order valence-electron chi connectivity index (χ0n) is 11.7. The summed E-state index contributed by atoms with van der Waals surface area (Å²) in [5, 5.41) is 5.73. The van der Waals surface area contributed by atoms with Crippen molar-refractivity contribution in [2.24, 2.45) is 0 Å². The highest BCUT2D eigenvalue weighted by molar-refractivity contribution is 7.09. The summed E-state index contributed by atoms with van der Waals surface area (Å²) in [6.07, 6.45) is 2.15. The van der Waals surface area contributed by atoms with Crippen LogP contribution in [-0.4, -0.2) is 46.3 Å². The van der Waals surface area contributed by atoms with Crippen LogP contribution in [0.15, 0.2) is 17.6 Å². The highest BCUT2D eigenvalue weighted by atomic mass is 32.1. The molecule has 1 aliphatic heterocycles. The molecular formula is C14H16N4O2S. The first-order valence-corrected chi connectivity index (χ1v) is 7.68. The third kappa shape index (κ3) is 2.97. The summed E-state index contributed by atoms with van der Waals surface area (Å²) in [6.45, 7) is 3.45. The largest absolute Gasteiger partial charge is 0.357 e. The van der Waals surface area contributed by atoms with Crippen molar-refractivity contribution >= 4 is 23.2 Å². The molecule has 0 unspecified atom stereocenters. The van der Waals surface area contributed by atoms with E-state index in [1.807, 2.05) is 18.4 Å². The molecule has 110 valence electrons. The minimum atomic E-state index is -0.0790. The molecule has 1 saturated heterocycles. The van der Waals surface area contributed by atoms with Crippen LogP contribution in [0.25, 0.3) is 11.3 Å². The molecule has 0 radical (unpaired) electrons. The molecule has 2 aromatic heterocycles. The van der Waals surface area contributed by atoms with E-state index >= 15 is 0 Å². The number of aromatic nitrogens is 2. The van der Waals surface area contributed by atoms with Crippen molar-refractivity contribution in [3.05, 3.63) is 28.3 Å². The molecule has 7 heteroatoms. The fraction of sp³-hybridized carbons (Fsp3) is 0.357. The van der Waals surface area contributed by atoms with Gasteiger partial charge in [-0.15, -0.1) is 11.3 Å². The van der Waals surface area contributed by atoms with Gasteiger partial charge in [0.05, 0.1) is 10.7 Å². The number of aryl methyl sites for hydroxylation is 1. The number of rotatable bonds is 2. The Morgan fingerprint density at radius 1 is 1.43 bits per heavy atom. The van der Waals surface area contributed by atoms with Crippen LogP contribution < -0.4 is 5.32 Å². The SMILES string of the molecule is Cc1nc(-c2c[nH]c(C(=O)N3CCNC(=O)CC3)c2)cs1. The first-order chi connectivity index (χ1) is 10.1. The number of aromatic amines is 1. The molecule has 2 aromatic rings. The Hall–Kier alpha value is -2.15. The van der Waals surface area contributed by atoms with Crippen molar-refractivity contribution in [1.29, 1.82) is 0 Å². The summed E-state index contributed by atoms with van der Waals surface area (Å²) in [7, 11) is 0. The lowest BCUT2D eigenvalue weighted by Gasteiger charge is -2.18. The van der Waals surface area contributed by atoms with Gasteiger partial charge in [0, 0.05) is 43.2 Å². The van der Waals surface area contributed by atoms with Gasteiger partial charge in [-0.2, -0.15) is 0 Å². The molecule has 0 atom stereocenters. The number of hydrogen-bond donors (Lipinski definition) is 2. The van der Waals surface area contributed by atoms with Gasteiger partial charge in [0.15, 0.2) is 0 Å². The van der Waals surface area contributed by atoms with Gasteiger partial charge in [-0.05, 0) is 13.0 Å². The fourth-order valence-electron chi connectivity index (χ4n) is 2.30. The summed E-state index contributed by atoms with van der Waals surface area (Å²) in [5.74, 6) is -0.0832. The number of carbonyl (C=O) groups is 2. The zero-order valence-corrected chi connectivity index (χ0v) is 12.5. The summed E-state index contributed by atoms with van der Waals surface area (Å²) in [6, 6.07) is 1.82. The van der Waals surface area contributed by atoms with Crippen LogP contribution in [0.4, 0.5) is 0 Å². The first-order valence-electron chi connectivity index (χ1n) is 6.80. The topological polar surface area (TPSA) is 78.1 Å². The highest BCUT2D eigenvalue weighted by Crippen LogP contribution is 2.22. The van der Waals surface area contributed by atoms with Gasteiger partial charge in [0.2, 0.25) is 5.91 Å². The Kier molecular flexibility index (Phi) is 3.74. The third-order valence-electron chi connectivity index (χ3n) is 3.43. The van der Waals surface area contributed by atoms with Crippen molar-refractivity contribution in [1.82, 2.24) is 20.2 Å². The van der Waals surface area contributed by atoms with Crippen LogP contribution in [0.3, 0.4) is 0 Å². The van der Waals surface area contributed by atoms with Crippen molar-refractivity contribution in [2.45, 2.75) is 13.3 Å². The smallest absolute Gasteiger partial charge is 0.270 e. The minimum Gasteiger partial charge on any atom is -0.357 e. The molecule has 0 bridgehead atoms. The second-order valence-electron chi connectivity index (χ2n) is 4.95. The molecule has 1 fully saturated rings. The van der Waals surface area contributed by atoms with Crippen molar-refractivity contribution in [2.75, 3.05) is 19.6 Å². The maximum Gasteiger partial charge on any atom is 0.270 e. The Morgan fingerprint density at radius 3 is 3.05 bits per heavy atom. The van der Waals surface area contributed by atoms with E-state index in [1.165, 1.54) is 0 Å². The predicted molar refractivity (Wildman–Crippen MR) is 80.2 cm³/mol. The molecule has 0 aliphatic carbocycles. The second kappa shape index (κ2) is 5.69. The predicted octanol–water partition coefficient (Wildman–Crippen LogP) is 1.41. The van der Waals surface area contributed by atoms with Gasteiger partial charge in [-0.3, -0.25) is 9.59 Å². The van der Waals surface area contributed by atoms with Gasteiger partial charge < -0.3 is 15.2 Å². The molecule has 6 nitrogen and oxygen atoms in total. The lowest BCUT2D eigenvalue weighted by atomic mass is 10.2. The van der Waals surface area contributed by atoms with Crippen LogP contribution in [0.5, 0.6) is 0 Å². The number of thiazole rings is 1. The van der Waals surface area contributed by atoms with Gasteiger partial charge >= 0.3 is 0 Å². The number of amides is 2. The second-order valence-corrected chi connectivity index (χ2v) is 6.01. The van der Waals surface area contributed by atoms with Crippen LogP contribution >= 0.6 is 11.3 Å². The lowest BCUT2D eigenvalue weighted by molar-refractivity contribution is -0.120. The number of hydrogen-bond acceptors (Lipinski definition) is 4. The Bertz CT molecular complexity index is 676. The van der Waals surface area contributed by atoms with Crippen LogP contribution in [0, 0.1) is 6.92 Å². The summed E-state index contributed by atoms with van der Waals surface area (Å²) >= 11 is 1.58. The summed E-state index contributed by atoms with van der Waals surface area (Å²) < 4.78 is 0. The van der Waals surface area contributed by atoms with E-state index in [-0.39, 0.29) is 11.8 Å². The maximum absolute atomic E-state index is 12.4. The lowest BCUT2D eigenvalue weighted by Crippen LogP contribution is -2.34. The van der Waals surface area contributed by atoms with Crippen molar-refractivity contribution in [3.8, 4) is 11.3 Å². The summed E-state index contributed by atoms with van der Waals surface area (Å²) in [4.78, 5) is 32.9. The van der Waals surface area contributed by atoms with E-state index in [4.69, 9.17) is 0 Å². The quantitative estimate of drug-likeness (QED) is 0.880. The molecule has 2 amide bonds. The standard InChI is InChI=1S/C14H16N4O2S/c1-9-17-12(8-21-9)10-6-11(16-7-10)14(20)18-4-2-13(19)15-3-5-18/h6-8,16H,2-5H2,1H3,(H,15,19). The van der Waals surface area contributed by atoms with Crippen molar-refractivity contribution < 1.29 is 9.59 Å². The summed E-state index contributed by atoms with van der Waals surface area (Å²) in [5.41, 5.74) is 2.32. The number of nitrogens with zero attached hydrogens (tertiary/aromatic N) is 2. The monoisotopic (exact) mass is 304 g/mol. The normalized spacial score (nSPS) is 15.7. The molecule has 21 heavy (non-hydrogen) atoms. The average molecular weight is 304 g/mol. The molecule has 0 spiro atoms. The van der Waals surface area contributed by atoms with Crippen LogP contribution in [-0.2, 0) is 4.79 Å². The third-order valence-corrected chi connectivity index (χ3v) is 4.20. The molecule has 0 saturated carbocycles. The van der Waals surface area contributed by atoms with E-state index in [2.05, 4.69) is 15.3 Å². The highest BCUT2D eigenvalue weighted by Gasteiger charge is 2.21.